The van der Waals surface area contributed by atoms with Gasteiger partial charge in [0.05, 0.1) is 0 Å². The number of hydrogen-bond donors (Lipinski definition) is 2. The molecule has 2 nitrogen and oxygen atoms in total. The predicted molar refractivity (Wildman–Crippen MR) is 69.8 cm³/mol. The summed E-state index contributed by atoms with van der Waals surface area (Å²) in [5.41, 5.74) is 0.967. The maximum Gasteiger partial charge on any atom is 0.187 e. The molecular weight excluding hydrogens is 267 g/mol. The summed E-state index contributed by atoms with van der Waals surface area (Å²) >= 11 is 0. The van der Waals surface area contributed by atoms with Gasteiger partial charge in [0.25, 0.3) is 0 Å². The Balaban J connectivity index is 1.86. The second-order valence-corrected chi connectivity index (χ2v) is 4.43. The van der Waals surface area contributed by atoms with Gasteiger partial charge in [0, 0.05) is 6.54 Å². The molecule has 0 heterocycles. The van der Waals surface area contributed by atoms with Crippen molar-refractivity contribution < 1.29 is 18.3 Å². The predicted octanol–water partition coefficient (Wildman–Crippen LogP) is 3.14. The second-order valence-electron chi connectivity index (χ2n) is 4.43. The van der Waals surface area contributed by atoms with Crippen molar-refractivity contribution in [3.63, 3.8) is 0 Å². The van der Waals surface area contributed by atoms with Crippen LogP contribution in [0.1, 0.15) is 11.1 Å². The Hall–Kier alpha value is -2.01. The van der Waals surface area contributed by atoms with E-state index in [1.54, 1.807) is 18.2 Å². The van der Waals surface area contributed by atoms with Gasteiger partial charge in [-0.2, -0.15) is 0 Å². The van der Waals surface area contributed by atoms with Crippen molar-refractivity contribution in [1.82, 2.24) is 5.32 Å². The monoisotopic (exact) mass is 281 g/mol. The third-order valence-electron chi connectivity index (χ3n) is 2.93. The molecule has 0 saturated carbocycles. The normalized spacial score (nSPS) is 10.8. The highest BCUT2D eigenvalue weighted by Crippen LogP contribution is 2.21. The van der Waals surface area contributed by atoms with E-state index >= 15 is 0 Å². The van der Waals surface area contributed by atoms with E-state index in [4.69, 9.17) is 5.11 Å². The lowest BCUT2D eigenvalue weighted by atomic mass is 10.1. The highest BCUT2D eigenvalue weighted by molar-refractivity contribution is 5.30. The van der Waals surface area contributed by atoms with Crippen LogP contribution in [0.4, 0.5) is 13.2 Å². The van der Waals surface area contributed by atoms with Crippen LogP contribution >= 0.6 is 0 Å². The number of nitrogens with one attached hydrogen (secondary N) is 1. The van der Waals surface area contributed by atoms with Crippen LogP contribution in [-0.4, -0.2) is 11.7 Å². The van der Waals surface area contributed by atoms with E-state index < -0.39 is 17.4 Å². The Labute approximate surface area is 114 Å². The molecule has 0 spiro atoms. The minimum atomic E-state index is -0.990. The number of phenolic OH excluding ortho intramolecular Hbond substituents is 1. The average molecular weight is 281 g/mol. The SMILES string of the molecule is Oc1c(F)cc(CNCCc2ccccc2F)cc1F. The van der Waals surface area contributed by atoms with Gasteiger partial charge in [0.2, 0.25) is 0 Å². The van der Waals surface area contributed by atoms with Crippen molar-refractivity contribution in [2.24, 2.45) is 0 Å². The maximum atomic E-state index is 13.3. The molecule has 0 radical (unpaired) electrons. The molecule has 2 rings (SSSR count). The summed E-state index contributed by atoms with van der Waals surface area (Å²) in [4.78, 5) is 0. The van der Waals surface area contributed by atoms with Crippen LogP contribution in [0.5, 0.6) is 5.75 Å². The van der Waals surface area contributed by atoms with E-state index in [0.717, 1.165) is 12.1 Å². The number of aromatic hydroxyl groups is 1. The van der Waals surface area contributed by atoms with Gasteiger partial charge in [-0.25, -0.2) is 13.2 Å². The van der Waals surface area contributed by atoms with Gasteiger partial charge in [-0.05, 0) is 42.3 Å². The van der Waals surface area contributed by atoms with E-state index in [1.807, 2.05) is 0 Å². The zero-order chi connectivity index (χ0) is 14.5. The van der Waals surface area contributed by atoms with Crippen molar-refractivity contribution in [1.29, 1.82) is 0 Å². The molecule has 0 bridgehead atoms. The van der Waals surface area contributed by atoms with Crippen LogP contribution in [0, 0.1) is 17.5 Å². The van der Waals surface area contributed by atoms with Crippen LogP contribution in [0.3, 0.4) is 0 Å². The molecule has 0 saturated heterocycles. The van der Waals surface area contributed by atoms with Crippen LogP contribution in [0.25, 0.3) is 0 Å². The number of halogens is 3. The molecule has 2 N–H and O–H groups in total. The summed E-state index contributed by atoms with van der Waals surface area (Å²) in [5.74, 6) is -3.22. The van der Waals surface area contributed by atoms with Gasteiger partial charge < -0.3 is 10.4 Å². The van der Waals surface area contributed by atoms with E-state index in [1.165, 1.54) is 6.07 Å². The number of rotatable bonds is 5. The third-order valence-corrected chi connectivity index (χ3v) is 2.93. The summed E-state index contributed by atoms with van der Waals surface area (Å²) in [7, 11) is 0. The summed E-state index contributed by atoms with van der Waals surface area (Å²) in [6.45, 7) is 0.716. The highest BCUT2D eigenvalue weighted by atomic mass is 19.1. The van der Waals surface area contributed by atoms with Crippen molar-refractivity contribution in [3.8, 4) is 5.75 Å². The van der Waals surface area contributed by atoms with Crippen LogP contribution in [0.15, 0.2) is 36.4 Å². The highest BCUT2D eigenvalue weighted by Gasteiger charge is 2.09. The fourth-order valence-corrected chi connectivity index (χ4v) is 1.88. The van der Waals surface area contributed by atoms with E-state index in [-0.39, 0.29) is 12.4 Å². The van der Waals surface area contributed by atoms with Crippen LogP contribution in [0.2, 0.25) is 0 Å². The molecule has 0 atom stereocenters. The first-order valence-corrected chi connectivity index (χ1v) is 6.19. The molecule has 5 heteroatoms. The smallest absolute Gasteiger partial charge is 0.187 e. The Bertz CT molecular complexity index is 578. The molecule has 0 aliphatic heterocycles. The van der Waals surface area contributed by atoms with Crippen LogP contribution < -0.4 is 5.32 Å². The molecule has 2 aromatic rings. The average Bonchev–Trinajstić information content (AvgIpc) is 2.42. The first kappa shape index (κ1) is 14.4. The molecule has 0 aliphatic rings. The first-order chi connectivity index (χ1) is 9.58. The molecule has 0 aromatic heterocycles. The summed E-state index contributed by atoms with van der Waals surface area (Å²) < 4.78 is 39.5. The third kappa shape index (κ3) is 3.51. The minimum absolute atomic E-state index is 0.239. The Morgan fingerprint density at radius 2 is 1.60 bits per heavy atom. The molecule has 0 fully saturated rings. The molecule has 20 heavy (non-hydrogen) atoms. The van der Waals surface area contributed by atoms with Crippen molar-refractivity contribution in [2.75, 3.05) is 6.54 Å². The van der Waals surface area contributed by atoms with Gasteiger partial charge >= 0.3 is 0 Å². The second kappa shape index (κ2) is 6.43. The summed E-state index contributed by atoms with van der Waals surface area (Å²) in [5, 5.41) is 11.9. The Morgan fingerprint density at radius 3 is 2.25 bits per heavy atom. The van der Waals surface area contributed by atoms with Gasteiger partial charge in [0.1, 0.15) is 5.82 Å². The summed E-state index contributed by atoms with van der Waals surface area (Å²) in [6.07, 6.45) is 0.482. The van der Waals surface area contributed by atoms with Crippen molar-refractivity contribution >= 4 is 0 Å². The lowest BCUT2D eigenvalue weighted by Crippen LogP contribution is -2.17. The zero-order valence-corrected chi connectivity index (χ0v) is 10.7. The maximum absolute atomic E-state index is 13.3. The Morgan fingerprint density at radius 1 is 0.950 bits per heavy atom. The number of hydrogen-bond acceptors (Lipinski definition) is 2. The minimum Gasteiger partial charge on any atom is -0.503 e. The molecule has 0 unspecified atom stereocenters. The van der Waals surface area contributed by atoms with Gasteiger partial charge in [0.15, 0.2) is 17.4 Å². The zero-order valence-electron chi connectivity index (χ0n) is 10.7. The largest absolute Gasteiger partial charge is 0.503 e. The molecular formula is C15H14F3NO. The first-order valence-electron chi connectivity index (χ1n) is 6.19. The van der Waals surface area contributed by atoms with Gasteiger partial charge in [-0.15, -0.1) is 0 Å². The fourth-order valence-electron chi connectivity index (χ4n) is 1.88. The standard InChI is InChI=1S/C15H14F3NO/c16-12-4-2-1-3-11(12)5-6-19-9-10-7-13(17)15(20)14(18)8-10/h1-4,7-8,19-20H,5-6,9H2. The number of benzene rings is 2. The molecule has 106 valence electrons. The number of phenols is 1. The quantitative estimate of drug-likeness (QED) is 0.825. The van der Waals surface area contributed by atoms with Gasteiger partial charge in [-0.1, -0.05) is 18.2 Å². The van der Waals surface area contributed by atoms with Gasteiger partial charge in [-0.3, -0.25) is 0 Å². The van der Waals surface area contributed by atoms with E-state index in [2.05, 4.69) is 5.32 Å². The Kier molecular flexibility index (Phi) is 4.63. The molecule has 2 aromatic carbocycles. The van der Waals surface area contributed by atoms with E-state index in [0.29, 0.717) is 24.1 Å². The summed E-state index contributed by atoms with van der Waals surface area (Å²) in [6, 6.07) is 8.58. The van der Waals surface area contributed by atoms with E-state index in [9.17, 15) is 13.2 Å². The van der Waals surface area contributed by atoms with Crippen molar-refractivity contribution in [2.45, 2.75) is 13.0 Å². The topological polar surface area (TPSA) is 32.3 Å². The van der Waals surface area contributed by atoms with Crippen LogP contribution in [-0.2, 0) is 13.0 Å². The molecule has 0 aliphatic carbocycles. The van der Waals surface area contributed by atoms with Crippen molar-refractivity contribution in [3.05, 3.63) is 65.0 Å². The fraction of sp³-hybridized carbons (Fsp3) is 0.200. The lowest BCUT2D eigenvalue weighted by Gasteiger charge is -2.07. The molecule has 0 amide bonds. The lowest BCUT2D eigenvalue weighted by molar-refractivity contribution is 0.395.